The molecule has 1 aromatic carbocycles. The molecule has 0 bridgehead atoms. The van der Waals surface area contributed by atoms with E-state index in [4.69, 9.17) is 10.5 Å². The van der Waals surface area contributed by atoms with Crippen molar-refractivity contribution in [2.24, 2.45) is 16.6 Å². The molecule has 0 unspecified atom stereocenters. The highest BCUT2D eigenvalue weighted by Crippen LogP contribution is 2.16. The predicted molar refractivity (Wildman–Crippen MR) is 218 cm³/mol. The van der Waals surface area contributed by atoms with Gasteiger partial charge in [0.1, 0.15) is 29.9 Å². The summed E-state index contributed by atoms with van der Waals surface area (Å²) in [6, 6.07) is 0.539. The van der Waals surface area contributed by atoms with Gasteiger partial charge in [0.25, 0.3) is 0 Å². The minimum Gasteiger partial charge on any atom is -0.494 e. The molecule has 1 saturated heterocycles. The number of hydrogen-bond donors (Lipinski definition) is 10. The van der Waals surface area contributed by atoms with Crippen LogP contribution in [-0.4, -0.2) is 127 Å². The number of aliphatic imine (C=N–C) groups is 1. The zero-order chi connectivity index (χ0) is 47.1. The molecule has 0 aliphatic carbocycles. The summed E-state index contributed by atoms with van der Waals surface area (Å²) in [5, 5.41) is 28.4. The van der Waals surface area contributed by atoms with Crippen LogP contribution in [-0.2, 0) is 49.6 Å². The first-order valence-corrected chi connectivity index (χ1v) is 20.3. The number of guanidine groups is 1. The number of carbonyl (C=O) groups excluding carboxylic acids is 8. The van der Waals surface area contributed by atoms with Gasteiger partial charge in [0.15, 0.2) is 5.96 Å². The van der Waals surface area contributed by atoms with Crippen molar-refractivity contribution in [2.75, 3.05) is 32.8 Å². The first kappa shape index (κ1) is 52.6. The molecule has 350 valence electrons. The summed E-state index contributed by atoms with van der Waals surface area (Å²) < 4.78 is 43.4. The summed E-state index contributed by atoms with van der Waals surface area (Å²) in [7, 11) is 0. The van der Waals surface area contributed by atoms with Gasteiger partial charge < -0.3 is 52.8 Å². The van der Waals surface area contributed by atoms with Crippen LogP contribution in [0, 0.1) is 5.92 Å². The first-order chi connectivity index (χ1) is 29.7. The Balaban J connectivity index is 2.19. The zero-order valence-electron chi connectivity index (χ0n) is 35.3. The number of alkyl halides is 3. The molecule has 0 spiro atoms. The molecule has 0 radical (unpaired) electrons. The summed E-state index contributed by atoms with van der Waals surface area (Å²) >= 11 is 0. The topological polar surface area (TPSA) is 318 Å². The molecule has 1 aliphatic rings. The Morgan fingerprint density at radius 3 is 2.03 bits per heavy atom. The van der Waals surface area contributed by atoms with Crippen molar-refractivity contribution in [2.45, 2.75) is 109 Å². The Bertz CT molecular complexity index is 1800. The maximum atomic E-state index is 13.9. The number of benzene rings is 1. The molecule has 4 atom stereocenters. The highest BCUT2D eigenvalue weighted by molar-refractivity contribution is 5.99. The monoisotopic (exact) mass is 898 g/mol. The third kappa shape index (κ3) is 20.8. The van der Waals surface area contributed by atoms with Gasteiger partial charge in [-0.25, -0.2) is 0 Å². The van der Waals surface area contributed by atoms with Gasteiger partial charge in [-0.1, -0.05) is 39.3 Å². The smallest absolute Gasteiger partial charge is 0.471 e. The Labute approximate surface area is 361 Å². The van der Waals surface area contributed by atoms with E-state index >= 15 is 0 Å². The molecule has 11 N–H and O–H groups in total. The van der Waals surface area contributed by atoms with Gasteiger partial charge in [-0.05, 0) is 49.3 Å². The fraction of sp³-hybridized carbons (Fsp3) is 0.590. The van der Waals surface area contributed by atoms with E-state index < -0.39 is 96.6 Å². The van der Waals surface area contributed by atoms with E-state index in [1.54, 1.807) is 38.1 Å². The maximum absolute atomic E-state index is 13.9. The lowest BCUT2D eigenvalue weighted by molar-refractivity contribution is -0.171. The lowest BCUT2D eigenvalue weighted by atomic mass is 9.99. The molecule has 2 rings (SSSR count). The van der Waals surface area contributed by atoms with Crippen LogP contribution in [0.3, 0.4) is 0 Å². The average molecular weight is 899 g/mol. The van der Waals surface area contributed by atoms with Crippen molar-refractivity contribution in [3.63, 3.8) is 0 Å². The van der Waals surface area contributed by atoms with Crippen LogP contribution in [0.15, 0.2) is 29.3 Å². The molecule has 21 nitrogen and oxygen atoms in total. The van der Waals surface area contributed by atoms with Crippen LogP contribution >= 0.6 is 0 Å². The number of aliphatic carboxylic acids is 1. The van der Waals surface area contributed by atoms with Gasteiger partial charge in [0.2, 0.25) is 41.4 Å². The predicted octanol–water partition coefficient (Wildman–Crippen LogP) is -1.22. The Morgan fingerprint density at radius 1 is 0.841 bits per heavy atom. The van der Waals surface area contributed by atoms with Gasteiger partial charge in [0.05, 0.1) is 19.6 Å². The third-order valence-corrected chi connectivity index (χ3v) is 9.11. The van der Waals surface area contributed by atoms with Crippen LogP contribution < -0.4 is 53.0 Å². The van der Waals surface area contributed by atoms with Crippen LogP contribution in [0.5, 0.6) is 5.75 Å². The molecule has 1 heterocycles. The van der Waals surface area contributed by atoms with E-state index in [1.807, 2.05) is 6.92 Å². The normalized spacial score (nSPS) is 19.2. The van der Waals surface area contributed by atoms with E-state index in [2.05, 4.69) is 42.2 Å². The number of nitrogens with zero attached hydrogens (tertiary/aromatic N) is 1. The number of nitrogens with one attached hydrogen (secondary N) is 8. The largest absolute Gasteiger partial charge is 0.494 e. The standard InChI is InChI=1S/C39H57F3N10O11/c1-4-5-15-44-28(53)13-14-29(54)45-17-7-18-63-24-11-9-23(10-12-24)19-26-35(60)51-32(22(2)3)36(61)49-25(8-6-16-46-38(43)52-37(62)39(40,41)42)33(58)47-21-30(55)48-27(20-31(56)57)34(59)50-26/h9-12,22,25-27,32H,4-8,13-21H2,1-3H3,(H,44,53)(H,45,54)(H,47,58)(H,48,55)(H,49,61)(H,50,59)(H,51,60)(H,56,57)(H3,43,46,52,62)/t25-,26+,27-,32-/m0/s1. The number of halogens is 3. The lowest BCUT2D eigenvalue weighted by Crippen LogP contribution is -2.59. The quantitative estimate of drug-likeness (QED) is 0.0419. The molecule has 24 heteroatoms. The summed E-state index contributed by atoms with van der Waals surface area (Å²) in [4.78, 5) is 117. The fourth-order valence-electron chi connectivity index (χ4n) is 5.70. The van der Waals surface area contributed by atoms with Gasteiger partial charge in [-0.15, -0.1) is 0 Å². The number of nitrogens with two attached hydrogens (primary N) is 1. The highest BCUT2D eigenvalue weighted by atomic mass is 19.4. The van der Waals surface area contributed by atoms with Crippen molar-refractivity contribution < 1.29 is 66.2 Å². The van der Waals surface area contributed by atoms with E-state index in [0.29, 0.717) is 30.8 Å². The van der Waals surface area contributed by atoms with Crippen LogP contribution in [0.25, 0.3) is 0 Å². The number of rotatable bonds is 20. The van der Waals surface area contributed by atoms with Gasteiger partial charge >= 0.3 is 18.1 Å². The second-order valence-electron chi connectivity index (χ2n) is 14.8. The minimum atomic E-state index is -5.22. The second kappa shape index (κ2) is 26.8. The number of amides is 8. The molecule has 1 aromatic rings. The molecule has 1 aliphatic heterocycles. The SMILES string of the molecule is CCCCNC(=O)CCC(=O)NCCCOc1ccc(C[C@H]2NC(=O)[C@H](CC(=O)O)NC(=O)CNC(=O)[C@H](CCCN=C(N)NC(=O)C(F)(F)F)NC(=O)[C@H](C(C)C)NC2=O)cc1. The van der Waals surface area contributed by atoms with E-state index in [1.165, 1.54) is 5.32 Å². The molecular weight excluding hydrogens is 841 g/mol. The van der Waals surface area contributed by atoms with Crippen molar-refractivity contribution in [1.29, 1.82) is 0 Å². The maximum Gasteiger partial charge on any atom is 0.471 e. The van der Waals surface area contributed by atoms with Crippen LogP contribution in [0.1, 0.15) is 77.7 Å². The lowest BCUT2D eigenvalue weighted by Gasteiger charge is -2.27. The summed E-state index contributed by atoms with van der Waals surface area (Å²) in [5.74, 6) is -10.0. The van der Waals surface area contributed by atoms with Gasteiger partial charge in [0, 0.05) is 38.9 Å². The molecule has 0 aromatic heterocycles. The Morgan fingerprint density at radius 2 is 1.44 bits per heavy atom. The van der Waals surface area contributed by atoms with Crippen molar-refractivity contribution in [1.82, 2.24) is 42.5 Å². The molecule has 63 heavy (non-hydrogen) atoms. The fourth-order valence-corrected chi connectivity index (χ4v) is 5.70. The number of ether oxygens (including phenoxy) is 1. The number of unbranched alkanes of at least 4 members (excludes halogenated alkanes) is 1. The molecule has 0 saturated carbocycles. The van der Waals surface area contributed by atoms with Crippen molar-refractivity contribution >= 4 is 59.2 Å². The first-order valence-electron chi connectivity index (χ1n) is 20.3. The van der Waals surface area contributed by atoms with E-state index in [0.717, 1.165) is 12.8 Å². The van der Waals surface area contributed by atoms with Gasteiger partial charge in [-0.3, -0.25) is 53.5 Å². The minimum absolute atomic E-state index is 0.0551. The number of carbonyl (C=O) groups is 9. The van der Waals surface area contributed by atoms with Crippen molar-refractivity contribution in [3.05, 3.63) is 29.8 Å². The van der Waals surface area contributed by atoms with Crippen molar-refractivity contribution in [3.8, 4) is 5.75 Å². The second-order valence-corrected chi connectivity index (χ2v) is 14.8. The number of carboxylic acid groups (broad SMARTS) is 1. The van der Waals surface area contributed by atoms with E-state index in [9.17, 15) is 61.4 Å². The summed E-state index contributed by atoms with van der Waals surface area (Å²) in [5.41, 5.74) is 5.84. The Kier molecular flexibility index (Phi) is 22.4. The van der Waals surface area contributed by atoms with Crippen LogP contribution in [0.4, 0.5) is 13.2 Å². The average Bonchev–Trinajstić information content (AvgIpc) is 3.21. The number of carboxylic acids is 1. The van der Waals surface area contributed by atoms with Crippen LogP contribution in [0.2, 0.25) is 0 Å². The molecular formula is C39H57F3N10O11. The third-order valence-electron chi connectivity index (χ3n) is 9.11. The number of hydrogen-bond acceptors (Lipinski definition) is 11. The van der Waals surface area contributed by atoms with Gasteiger partial charge in [-0.2, -0.15) is 13.2 Å². The summed E-state index contributed by atoms with van der Waals surface area (Å²) in [6.07, 6.45) is -4.22. The highest BCUT2D eigenvalue weighted by Gasteiger charge is 2.39. The molecule has 8 amide bonds. The van der Waals surface area contributed by atoms with E-state index in [-0.39, 0.29) is 57.1 Å². The zero-order valence-corrected chi connectivity index (χ0v) is 35.3. The summed E-state index contributed by atoms with van der Waals surface area (Å²) in [6.45, 7) is 5.19. The molecule has 1 fully saturated rings. The Hall–Kier alpha value is -6.49.